The summed E-state index contributed by atoms with van der Waals surface area (Å²) in [6.07, 6.45) is 0. The molecule has 2 aromatic rings. The van der Waals surface area contributed by atoms with E-state index in [4.69, 9.17) is 17.3 Å². The van der Waals surface area contributed by atoms with Crippen molar-refractivity contribution in [2.24, 2.45) is 0 Å². The number of pyridine rings is 1. The van der Waals surface area contributed by atoms with Gasteiger partial charge in [-0.05, 0) is 55.4 Å². The highest BCUT2D eigenvalue weighted by molar-refractivity contribution is 6.30. The van der Waals surface area contributed by atoms with Gasteiger partial charge in [0.2, 0.25) is 0 Å². The first kappa shape index (κ1) is 12.9. The van der Waals surface area contributed by atoms with Gasteiger partial charge in [0, 0.05) is 17.1 Å². The standard InChI is InChI=1S/C14H16ClN3/c1-9-3-13(18-14(16)4-9)11-5-10(8-17-2)6-12(15)7-11/h3-7,17H,8H2,1-2H3,(H2,16,18). The largest absolute Gasteiger partial charge is 0.384 e. The van der Waals surface area contributed by atoms with E-state index in [2.05, 4.69) is 16.4 Å². The molecule has 0 aliphatic heterocycles. The van der Waals surface area contributed by atoms with Gasteiger partial charge in [0.05, 0.1) is 5.69 Å². The first-order valence-corrected chi connectivity index (χ1v) is 6.15. The molecular weight excluding hydrogens is 246 g/mol. The number of hydrogen-bond donors (Lipinski definition) is 2. The summed E-state index contributed by atoms with van der Waals surface area (Å²) < 4.78 is 0. The van der Waals surface area contributed by atoms with Crippen LogP contribution in [0.15, 0.2) is 30.3 Å². The molecule has 0 aliphatic carbocycles. The van der Waals surface area contributed by atoms with Crippen molar-refractivity contribution >= 4 is 17.4 Å². The number of anilines is 1. The van der Waals surface area contributed by atoms with Gasteiger partial charge in [-0.25, -0.2) is 4.98 Å². The summed E-state index contributed by atoms with van der Waals surface area (Å²) in [7, 11) is 1.91. The van der Waals surface area contributed by atoms with E-state index in [0.717, 1.165) is 28.9 Å². The molecule has 1 aromatic heterocycles. The maximum Gasteiger partial charge on any atom is 0.124 e. The van der Waals surface area contributed by atoms with Gasteiger partial charge in [0.25, 0.3) is 0 Å². The number of aromatic nitrogens is 1. The number of benzene rings is 1. The minimum Gasteiger partial charge on any atom is -0.384 e. The van der Waals surface area contributed by atoms with Crippen molar-refractivity contribution in [1.29, 1.82) is 0 Å². The zero-order valence-corrected chi connectivity index (χ0v) is 11.3. The van der Waals surface area contributed by atoms with Gasteiger partial charge < -0.3 is 11.1 Å². The van der Waals surface area contributed by atoms with Crippen LogP contribution in [0.3, 0.4) is 0 Å². The molecule has 0 unspecified atom stereocenters. The number of nitrogen functional groups attached to an aromatic ring is 1. The van der Waals surface area contributed by atoms with Crippen LogP contribution in [0.2, 0.25) is 5.02 Å². The molecule has 3 N–H and O–H groups in total. The molecule has 0 spiro atoms. The fourth-order valence-electron chi connectivity index (χ4n) is 1.95. The second kappa shape index (κ2) is 5.38. The lowest BCUT2D eigenvalue weighted by Gasteiger charge is -2.08. The van der Waals surface area contributed by atoms with E-state index < -0.39 is 0 Å². The van der Waals surface area contributed by atoms with Crippen molar-refractivity contribution in [2.75, 3.05) is 12.8 Å². The lowest BCUT2D eigenvalue weighted by Crippen LogP contribution is -2.05. The molecular formula is C14H16ClN3. The highest BCUT2D eigenvalue weighted by Gasteiger charge is 2.05. The Bertz CT molecular complexity index is 547. The number of aryl methyl sites for hydroxylation is 1. The Labute approximate surface area is 112 Å². The van der Waals surface area contributed by atoms with Crippen molar-refractivity contribution < 1.29 is 0 Å². The third kappa shape index (κ3) is 3.00. The molecule has 0 saturated heterocycles. The third-order valence-corrected chi connectivity index (χ3v) is 2.84. The fraction of sp³-hybridized carbons (Fsp3) is 0.214. The molecule has 1 aromatic carbocycles. The van der Waals surface area contributed by atoms with Crippen molar-refractivity contribution in [1.82, 2.24) is 10.3 Å². The number of nitrogens with zero attached hydrogens (tertiary/aromatic N) is 1. The van der Waals surface area contributed by atoms with Gasteiger partial charge in [-0.3, -0.25) is 0 Å². The van der Waals surface area contributed by atoms with Gasteiger partial charge in [-0.15, -0.1) is 0 Å². The summed E-state index contributed by atoms with van der Waals surface area (Å²) in [5.41, 5.74) is 9.84. The van der Waals surface area contributed by atoms with Crippen molar-refractivity contribution in [3.63, 3.8) is 0 Å². The quantitative estimate of drug-likeness (QED) is 0.893. The molecule has 94 valence electrons. The number of halogens is 1. The van der Waals surface area contributed by atoms with E-state index in [9.17, 15) is 0 Å². The summed E-state index contributed by atoms with van der Waals surface area (Å²) >= 11 is 6.13. The molecule has 0 saturated carbocycles. The van der Waals surface area contributed by atoms with Crippen LogP contribution in [-0.4, -0.2) is 12.0 Å². The van der Waals surface area contributed by atoms with E-state index in [1.54, 1.807) is 0 Å². The van der Waals surface area contributed by atoms with E-state index in [1.165, 1.54) is 0 Å². The van der Waals surface area contributed by atoms with Gasteiger partial charge in [-0.1, -0.05) is 11.6 Å². The molecule has 0 aliphatic rings. The predicted molar refractivity (Wildman–Crippen MR) is 76.6 cm³/mol. The Morgan fingerprint density at radius 1 is 1.22 bits per heavy atom. The SMILES string of the molecule is CNCc1cc(Cl)cc(-c2cc(C)cc(N)n2)c1. The van der Waals surface area contributed by atoms with Crippen LogP contribution in [0.4, 0.5) is 5.82 Å². The third-order valence-electron chi connectivity index (χ3n) is 2.62. The Hall–Kier alpha value is -1.58. The fourth-order valence-corrected chi connectivity index (χ4v) is 2.20. The Kier molecular flexibility index (Phi) is 3.84. The van der Waals surface area contributed by atoms with Crippen molar-refractivity contribution in [2.45, 2.75) is 13.5 Å². The van der Waals surface area contributed by atoms with Gasteiger partial charge in [-0.2, -0.15) is 0 Å². The molecule has 0 bridgehead atoms. The van der Waals surface area contributed by atoms with Crippen LogP contribution in [0, 0.1) is 6.92 Å². The van der Waals surface area contributed by atoms with Crippen molar-refractivity contribution in [3.8, 4) is 11.3 Å². The Morgan fingerprint density at radius 2 is 2.00 bits per heavy atom. The van der Waals surface area contributed by atoms with Gasteiger partial charge >= 0.3 is 0 Å². The van der Waals surface area contributed by atoms with Gasteiger partial charge in [0.1, 0.15) is 5.82 Å². The molecule has 4 heteroatoms. The number of nitrogens with two attached hydrogens (primary N) is 1. The molecule has 0 radical (unpaired) electrons. The average Bonchev–Trinajstić information content (AvgIpc) is 2.27. The highest BCUT2D eigenvalue weighted by atomic mass is 35.5. The molecule has 3 nitrogen and oxygen atoms in total. The summed E-state index contributed by atoms with van der Waals surface area (Å²) in [6.45, 7) is 2.77. The first-order chi connectivity index (χ1) is 8.58. The van der Waals surface area contributed by atoms with Gasteiger partial charge in [0.15, 0.2) is 0 Å². The highest BCUT2D eigenvalue weighted by Crippen LogP contribution is 2.25. The number of hydrogen-bond acceptors (Lipinski definition) is 3. The molecule has 0 fully saturated rings. The van der Waals surface area contributed by atoms with Crippen LogP contribution in [0.25, 0.3) is 11.3 Å². The van der Waals surface area contributed by atoms with Crippen molar-refractivity contribution in [3.05, 3.63) is 46.5 Å². The topological polar surface area (TPSA) is 50.9 Å². The summed E-state index contributed by atoms with van der Waals surface area (Å²) in [5.74, 6) is 0.528. The van der Waals surface area contributed by atoms with Crippen LogP contribution in [-0.2, 0) is 6.54 Å². The summed E-state index contributed by atoms with van der Waals surface area (Å²) in [6, 6.07) is 9.78. The smallest absolute Gasteiger partial charge is 0.124 e. The molecule has 0 atom stereocenters. The monoisotopic (exact) mass is 261 g/mol. The van der Waals surface area contributed by atoms with E-state index in [0.29, 0.717) is 10.8 Å². The lowest BCUT2D eigenvalue weighted by molar-refractivity contribution is 0.818. The zero-order chi connectivity index (χ0) is 13.1. The summed E-state index contributed by atoms with van der Waals surface area (Å²) in [5, 5.41) is 3.82. The molecule has 0 amide bonds. The van der Waals surface area contributed by atoms with E-state index in [-0.39, 0.29) is 0 Å². The second-order valence-corrected chi connectivity index (χ2v) is 4.77. The Balaban J connectivity index is 2.49. The maximum absolute atomic E-state index is 6.13. The first-order valence-electron chi connectivity index (χ1n) is 5.77. The molecule has 18 heavy (non-hydrogen) atoms. The number of rotatable bonds is 3. The van der Waals surface area contributed by atoms with Crippen LogP contribution in [0.5, 0.6) is 0 Å². The second-order valence-electron chi connectivity index (χ2n) is 4.33. The molecule has 2 rings (SSSR count). The zero-order valence-electron chi connectivity index (χ0n) is 10.5. The minimum absolute atomic E-state index is 0.528. The maximum atomic E-state index is 6.13. The Morgan fingerprint density at radius 3 is 2.67 bits per heavy atom. The van der Waals surface area contributed by atoms with E-state index >= 15 is 0 Å². The van der Waals surface area contributed by atoms with Crippen LogP contribution in [0.1, 0.15) is 11.1 Å². The average molecular weight is 262 g/mol. The number of nitrogens with one attached hydrogen (secondary N) is 1. The predicted octanol–water partition coefficient (Wildman–Crippen LogP) is 3.01. The molecule has 1 heterocycles. The minimum atomic E-state index is 0.528. The van der Waals surface area contributed by atoms with Crippen LogP contribution < -0.4 is 11.1 Å². The van der Waals surface area contributed by atoms with Crippen LogP contribution >= 0.6 is 11.6 Å². The van der Waals surface area contributed by atoms with E-state index in [1.807, 2.05) is 38.2 Å². The lowest BCUT2D eigenvalue weighted by atomic mass is 10.1. The summed E-state index contributed by atoms with van der Waals surface area (Å²) in [4.78, 5) is 4.35. The normalized spacial score (nSPS) is 10.6.